The fourth-order valence-electron chi connectivity index (χ4n) is 1.94. The van der Waals surface area contributed by atoms with E-state index >= 15 is 0 Å². The molecule has 4 nitrogen and oxygen atoms in total. The van der Waals surface area contributed by atoms with Gasteiger partial charge in [-0.15, -0.1) is 0 Å². The van der Waals surface area contributed by atoms with E-state index in [0.29, 0.717) is 5.82 Å². The summed E-state index contributed by atoms with van der Waals surface area (Å²) in [4.78, 5) is 9.04. The number of aryl methyl sites for hydroxylation is 1. The Morgan fingerprint density at radius 2 is 1.76 bits per heavy atom. The van der Waals surface area contributed by atoms with Gasteiger partial charge in [0.05, 0.1) is 0 Å². The molecular formula is C16H21BrN4. The predicted molar refractivity (Wildman–Crippen MR) is 92.0 cm³/mol. The molecule has 2 aromatic rings. The molecule has 112 valence electrons. The molecule has 1 aromatic heterocycles. The van der Waals surface area contributed by atoms with Crippen LogP contribution in [0.25, 0.3) is 0 Å². The molecule has 0 bridgehead atoms. The summed E-state index contributed by atoms with van der Waals surface area (Å²) in [5.41, 5.74) is 8.89. The van der Waals surface area contributed by atoms with Gasteiger partial charge in [0.15, 0.2) is 0 Å². The quantitative estimate of drug-likeness (QED) is 0.839. The van der Waals surface area contributed by atoms with Crippen molar-refractivity contribution in [2.75, 3.05) is 11.1 Å². The number of halogens is 1. The summed E-state index contributed by atoms with van der Waals surface area (Å²) in [6, 6.07) is 6.15. The number of nitrogens with one attached hydrogen (secondary N) is 1. The van der Waals surface area contributed by atoms with Crippen molar-refractivity contribution in [2.45, 2.75) is 40.0 Å². The molecular weight excluding hydrogens is 328 g/mol. The van der Waals surface area contributed by atoms with E-state index in [0.717, 1.165) is 27.4 Å². The molecule has 0 aliphatic heterocycles. The summed E-state index contributed by atoms with van der Waals surface area (Å²) in [7, 11) is 0. The highest BCUT2D eigenvalue weighted by atomic mass is 79.9. The number of nitrogen functional groups attached to an aromatic ring is 1. The van der Waals surface area contributed by atoms with Crippen LogP contribution in [0.2, 0.25) is 0 Å². The predicted octanol–water partition coefficient (Wildman–Crippen LogP) is 4.48. The Morgan fingerprint density at radius 1 is 1.10 bits per heavy atom. The lowest BCUT2D eigenvalue weighted by atomic mass is 9.95. The Kier molecular flexibility index (Phi) is 4.23. The first-order valence-corrected chi connectivity index (χ1v) is 7.65. The van der Waals surface area contributed by atoms with Crippen molar-refractivity contribution in [3.63, 3.8) is 0 Å². The van der Waals surface area contributed by atoms with Crippen LogP contribution in [-0.2, 0) is 5.41 Å². The zero-order valence-electron chi connectivity index (χ0n) is 13.1. The summed E-state index contributed by atoms with van der Waals surface area (Å²) in [5.74, 6) is 2.01. The summed E-state index contributed by atoms with van der Waals surface area (Å²) in [5, 5.41) is 3.35. The fraction of sp³-hybridized carbons (Fsp3) is 0.375. The van der Waals surface area contributed by atoms with E-state index in [2.05, 4.69) is 71.0 Å². The van der Waals surface area contributed by atoms with Crippen LogP contribution in [0.4, 0.5) is 17.3 Å². The normalized spacial score (nSPS) is 11.5. The average Bonchev–Trinajstić information content (AvgIpc) is 2.32. The van der Waals surface area contributed by atoms with Crippen LogP contribution in [0, 0.1) is 13.8 Å². The molecule has 0 radical (unpaired) electrons. The summed E-state index contributed by atoms with van der Waals surface area (Å²) < 4.78 is 1.03. The van der Waals surface area contributed by atoms with Gasteiger partial charge < -0.3 is 11.1 Å². The minimum atomic E-state index is -0.147. The molecule has 21 heavy (non-hydrogen) atoms. The van der Waals surface area contributed by atoms with Crippen LogP contribution >= 0.6 is 15.9 Å². The maximum absolute atomic E-state index is 6.03. The zero-order valence-corrected chi connectivity index (χ0v) is 14.7. The summed E-state index contributed by atoms with van der Waals surface area (Å²) >= 11 is 3.51. The van der Waals surface area contributed by atoms with Crippen LogP contribution in [-0.4, -0.2) is 9.97 Å². The Balaban J connectivity index is 2.46. The van der Waals surface area contributed by atoms with Crippen molar-refractivity contribution >= 4 is 33.3 Å². The highest BCUT2D eigenvalue weighted by molar-refractivity contribution is 9.10. The van der Waals surface area contributed by atoms with Gasteiger partial charge in [-0.05, 0) is 37.6 Å². The van der Waals surface area contributed by atoms with Gasteiger partial charge in [0.25, 0.3) is 0 Å². The molecule has 0 unspecified atom stereocenters. The summed E-state index contributed by atoms with van der Waals surface area (Å²) in [6.45, 7) is 10.2. The molecule has 0 amide bonds. The molecule has 0 aliphatic rings. The Morgan fingerprint density at radius 3 is 2.33 bits per heavy atom. The molecule has 5 heteroatoms. The Labute approximate surface area is 134 Å². The lowest BCUT2D eigenvalue weighted by molar-refractivity contribution is 0.546. The Bertz CT molecular complexity index is 654. The van der Waals surface area contributed by atoms with Gasteiger partial charge in [0, 0.05) is 21.1 Å². The SMILES string of the molecule is Cc1cc(Br)cc(Nc2nc(C(C)(C)C)nc(N)c2C)c1. The molecule has 0 fully saturated rings. The van der Waals surface area contributed by atoms with E-state index in [1.165, 1.54) is 5.56 Å². The summed E-state index contributed by atoms with van der Waals surface area (Å²) in [6.07, 6.45) is 0. The standard InChI is InChI=1S/C16H21BrN4/c1-9-6-11(17)8-12(7-9)19-14-10(2)13(18)20-15(21-14)16(3,4)5/h6-8H,1-5H3,(H3,18,19,20,21). The lowest BCUT2D eigenvalue weighted by Crippen LogP contribution is -2.18. The van der Waals surface area contributed by atoms with Crippen molar-refractivity contribution in [1.29, 1.82) is 0 Å². The smallest absolute Gasteiger partial charge is 0.139 e. The first-order chi connectivity index (χ1) is 9.66. The molecule has 0 spiro atoms. The molecule has 0 atom stereocenters. The van der Waals surface area contributed by atoms with Crippen molar-refractivity contribution in [1.82, 2.24) is 9.97 Å². The van der Waals surface area contributed by atoms with Crippen LogP contribution < -0.4 is 11.1 Å². The van der Waals surface area contributed by atoms with E-state index in [1.54, 1.807) is 0 Å². The molecule has 0 saturated carbocycles. The minimum Gasteiger partial charge on any atom is -0.383 e. The van der Waals surface area contributed by atoms with E-state index in [4.69, 9.17) is 5.73 Å². The van der Waals surface area contributed by atoms with Crippen LogP contribution in [0.3, 0.4) is 0 Å². The number of aromatic nitrogens is 2. The second-order valence-electron chi connectivity index (χ2n) is 6.30. The third kappa shape index (κ3) is 3.73. The maximum atomic E-state index is 6.03. The van der Waals surface area contributed by atoms with Gasteiger partial charge in [-0.25, -0.2) is 9.97 Å². The number of hydrogen-bond donors (Lipinski definition) is 2. The van der Waals surface area contributed by atoms with Crippen molar-refractivity contribution in [3.05, 3.63) is 39.6 Å². The zero-order chi connectivity index (χ0) is 15.8. The van der Waals surface area contributed by atoms with E-state index < -0.39 is 0 Å². The van der Waals surface area contributed by atoms with Gasteiger partial charge in [0.1, 0.15) is 17.5 Å². The van der Waals surface area contributed by atoms with Gasteiger partial charge in [-0.3, -0.25) is 0 Å². The molecule has 3 N–H and O–H groups in total. The molecule has 2 rings (SSSR count). The number of anilines is 3. The number of hydrogen-bond acceptors (Lipinski definition) is 4. The largest absolute Gasteiger partial charge is 0.383 e. The fourth-order valence-corrected chi connectivity index (χ4v) is 2.54. The van der Waals surface area contributed by atoms with E-state index in [-0.39, 0.29) is 5.41 Å². The third-order valence-corrected chi connectivity index (χ3v) is 3.62. The number of benzene rings is 1. The topological polar surface area (TPSA) is 63.8 Å². The monoisotopic (exact) mass is 348 g/mol. The van der Waals surface area contributed by atoms with Crippen molar-refractivity contribution < 1.29 is 0 Å². The van der Waals surface area contributed by atoms with E-state index in [9.17, 15) is 0 Å². The van der Waals surface area contributed by atoms with Gasteiger partial charge in [-0.1, -0.05) is 36.7 Å². The first kappa shape index (κ1) is 15.8. The highest BCUT2D eigenvalue weighted by Gasteiger charge is 2.20. The lowest BCUT2D eigenvalue weighted by Gasteiger charge is -2.20. The van der Waals surface area contributed by atoms with Crippen molar-refractivity contribution in [3.8, 4) is 0 Å². The molecule has 1 heterocycles. The Hall–Kier alpha value is -1.62. The van der Waals surface area contributed by atoms with Gasteiger partial charge in [-0.2, -0.15) is 0 Å². The van der Waals surface area contributed by atoms with Gasteiger partial charge >= 0.3 is 0 Å². The van der Waals surface area contributed by atoms with Crippen LogP contribution in [0.5, 0.6) is 0 Å². The second-order valence-corrected chi connectivity index (χ2v) is 7.21. The number of rotatable bonds is 2. The van der Waals surface area contributed by atoms with Gasteiger partial charge in [0.2, 0.25) is 0 Å². The maximum Gasteiger partial charge on any atom is 0.139 e. The second kappa shape index (κ2) is 5.64. The minimum absolute atomic E-state index is 0.147. The average molecular weight is 349 g/mol. The molecule has 1 aromatic carbocycles. The number of nitrogens with zero attached hydrogens (tertiary/aromatic N) is 2. The molecule has 0 aliphatic carbocycles. The van der Waals surface area contributed by atoms with E-state index in [1.807, 2.05) is 13.0 Å². The first-order valence-electron chi connectivity index (χ1n) is 6.85. The third-order valence-electron chi connectivity index (χ3n) is 3.16. The highest BCUT2D eigenvalue weighted by Crippen LogP contribution is 2.28. The van der Waals surface area contributed by atoms with Crippen LogP contribution in [0.15, 0.2) is 22.7 Å². The number of nitrogens with two attached hydrogens (primary N) is 1. The van der Waals surface area contributed by atoms with Crippen molar-refractivity contribution in [2.24, 2.45) is 0 Å². The van der Waals surface area contributed by atoms with Crippen LogP contribution in [0.1, 0.15) is 37.7 Å². The molecule has 0 saturated heterocycles.